The number of carboxylic acids is 1. The summed E-state index contributed by atoms with van der Waals surface area (Å²) in [6.45, 7) is 0.637. The van der Waals surface area contributed by atoms with Crippen molar-refractivity contribution in [3.63, 3.8) is 0 Å². The fourth-order valence-electron chi connectivity index (χ4n) is 2.10. The zero-order valence-electron chi connectivity index (χ0n) is 10.0. The lowest BCUT2D eigenvalue weighted by atomic mass is 9.95. The lowest BCUT2D eigenvalue weighted by Gasteiger charge is -2.25. The Morgan fingerprint density at radius 1 is 1.44 bits per heavy atom. The Hall–Kier alpha value is -1.36. The van der Waals surface area contributed by atoms with Crippen LogP contribution in [0.2, 0.25) is 0 Å². The molecule has 1 aliphatic heterocycles. The van der Waals surface area contributed by atoms with E-state index in [0.717, 1.165) is 17.7 Å². The van der Waals surface area contributed by atoms with Crippen LogP contribution in [-0.4, -0.2) is 33.4 Å². The van der Waals surface area contributed by atoms with Crippen molar-refractivity contribution in [2.24, 2.45) is 0 Å². The molecule has 1 N–H and O–H groups in total. The summed E-state index contributed by atoms with van der Waals surface area (Å²) in [7, 11) is -1.08. The molecule has 18 heavy (non-hydrogen) atoms. The number of ether oxygens (including phenoxy) is 1. The van der Waals surface area contributed by atoms with E-state index in [0.29, 0.717) is 12.4 Å². The minimum atomic E-state index is -1.08. The number of carbonyl (C=O) groups is 1. The van der Waals surface area contributed by atoms with Crippen molar-refractivity contribution < 1.29 is 18.8 Å². The van der Waals surface area contributed by atoms with E-state index < -0.39 is 16.8 Å². The normalized spacial score (nSPS) is 19.7. The van der Waals surface area contributed by atoms with Crippen LogP contribution in [-0.2, 0) is 15.6 Å². The minimum Gasteiger partial charge on any atom is -0.493 e. The Bertz CT molecular complexity index is 458. The van der Waals surface area contributed by atoms with Gasteiger partial charge in [-0.25, -0.2) is 0 Å². The predicted octanol–water partition coefficient (Wildman–Crippen LogP) is 1.78. The molecule has 1 heterocycles. The zero-order chi connectivity index (χ0) is 13.0. The van der Waals surface area contributed by atoms with Gasteiger partial charge in [0.15, 0.2) is 0 Å². The summed E-state index contributed by atoms with van der Waals surface area (Å²) < 4.78 is 17.4. The average Bonchev–Trinajstić information content (AvgIpc) is 2.37. The van der Waals surface area contributed by atoms with E-state index in [1.807, 2.05) is 24.3 Å². The standard InChI is InChI=1S/C13H16O4S/c14-13(15)6-8-18(16)9-10-5-7-17-12-4-2-1-3-11(10)12/h1-4,10H,5-9H2,(H,14,15). The van der Waals surface area contributed by atoms with Crippen LogP contribution in [0.3, 0.4) is 0 Å². The van der Waals surface area contributed by atoms with Gasteiger partial charge < -0.3 is 9.84 Å². The molecule has 2 atom stereocenters. The number of fused-ring (bicyclic) bond motifs is 1. The van der Waals surface area contributed by atoms with Gasteiger partial charge >= 0.3 is 5.97 Å². The lowest BCUT2D eigenvalue weighted by Crippen LogP contribution is -2.20. The second-order valence-electron chi connectivity index (χ2n) is 4.33. The fourth-order valence-corrected chi connectivity index (χ4v) is 3.46. The van der Waals surface area contributed by atoms with Crippen molar-refractivity contribution in [3.8, 4) is 5.75 Å². The van der Waals surface area contributed by atoms with Crippen molar-refractivity contribution in [2.75, 3.05) is 18.1 Å². The molecule has 0 saturated heterocycles. The highest BCUT2D eigenvalue weighted by atomic mass is 32.2. The van der Waals surface area contributed by atoms with Gasteiger partial charge in [0, 0.05) is 28.2 Å². The van der Waals surface area contributed by atoms with Crippen LogP contribution >= 0.6 is 0 Å². The van der Waals surface area contributed by atoms with Crippen LogP contribution < -0.4 is 4.74 Å². The Morgan fingerprint density at radius 3 is 3.00 bits per heavy atom. The molecular weight excluding hydrogens is 252 g/mol. The van der Waals surface area contributed by atoms with Crippen molar-refractivity contribution in [1.29, 1.82) is 0 Å². The Balaban J connectivity index is 1.98. The van der Waals surface area contributed by atoms with Gasteiger partial charge in [-0.3, -0.25) is 9.00 Å². The first kappa shape index (κ1) is 13.1. The molecule has 1 aromatic carbocycles. The summed E-state index contributed by atoms with van der Waals surface area (Å²) >= 11 is 0. The molecule has 0 amide bonds. The number of hydrogen-bond donors (Lipinski definition) is 1. The van der Waals surface area contributed by atoms with Crippen LogP contribution in [0.25, 0.3) is 0 Å². The number of carboxylic acid groups (broad SMARTS) is 1. The fraction of sp³-hybridized carbons (Fsp3) is 0.462. The molecule has 2 unspecified atom stereocenters. The molecule has 0 bridgehead atoms. The summed E-state index contributed by atoms with van der Waals surface area (Å²) in [6, 6.07) is 7.78. The summed E-state index contributed by atoms with van der Waals surface area (Å²) in [6.07, 6.45) is 0.813. The molecule has 1 aromatic rings. The maximum absolute atomic E-state index is 11.8. The molecule has 0 saturated carbocycles. The van der Waals surface area contributed by atoms with Gasteiger partial charge in [0.25, 0.3) is 0 Å². The summed E-state index contributed by atoms with van der Waals surface area (Å²) in [5.41, 5.74) is 1.09. The van der Waals surface area contributed by atoms with E-state index in [1.165, 1.54) is 0 Å². The van der Waals surface area contributed by atoms with Gasteiger partial charge in [-0.2, -0.15) is 0 Å². The first-order valence-electron chi connectivity index (χ1n) is 5.95. The molecule has 0 radical (unpaired) electrons. The Morgan fingerprint density at radius 2 is 2.22 bits per heavy atom. The number of para-hydroxylation sites is 1. The van der Waals surface area contributed by atoms with Gasteiger partial charge in [-0.15, -0.1) is 0 Å². The molecule has 4 nitrogen and oxygen atoms in total. The van der Waals surface area contributed by atoms with Crippen LogP contribution in [0, 0.1) is 0 Å². The molecule has 1 aliphatic rings. The number of aliphatic carboxylic acids is 1. The maximum Gasteiger partial charge on any atom is 0.304 e. The largest absolute Gasteiger partial charge is 0.493 e. The zero-order valence-corrected chi connectivity index (χ0v) is 10.8. The molecule has 0 aromatic heterocycles. The molecule has 5 heteroatoms. The van der Waals surface area contributed by atoms with Crippen LogP contribution in [0.5, 0.6) is 5.75 Å². The van der Waals surface area contributed by atoms with Crippen LogP contribution in [0.15, 0.2) is 24.3 Å². The molecule has 2 rings (SSSR count). The van der Waals surface area contributed by atoms with E-state index in [1.54, 1.807) is 0 Å². The number of benzene rings is 1. The third-order valence-corrected chi connectivity index (χ3v) is 4.45. The highest BCUT2D eigenvalue weighted by Crippen LogP contribution is 2.33. The van der Waals surface area contributed by atoms with Gasteiger partial charge in [0.1, 0.15) is 5.75 Å². The van der Waals surface area contributed by atoms with Crippen molar-refractivity contribution in [2.45, 2.75) is 18.8 Å². The average molecular weight is 268 g/mol. The SMILES string of the molecule is O=C(O)CCS(=O)CC1CCOc2ccccc21. The van der Waals surface area contributed by atoms with Gasteiger partial charge in [-0.05, 0) is 18.1 Å². The van der Waals surface area contributed by atoms with E-state index in [4.69, 9.17) is 9.84 Å². The summed E-state index contributed by atoms with van der Waals surface area (Å²) in [5.74, 6) is 0.937. The molecule has 0 fully saturated rings. The topological polar surface area (TPSA) is 63.6 Å². The number of rotatable bonds is 5. The van der Waals surface area contributed by atoms with Gasteiger partial charge in [0.05, 0.1) is 13.0 Å². The summed E-state index contributed by atoms with van der Waals surface area (Å²) in [5, 5.41) is 8.57. The van der Waals surface area contributed by atoms with Gasteiger partial charge in [0.2, 0.25) is 0 Å². The quantitative estimate of drug-likeness (QED) is 0.884. The van der Waals surface area contributed by atoms with E-state index in [9.17, 15) is 9.00 Å². The first-order valence-corrected chi connectivity index (χ1v) is 7.44. The van der Waals surface area contributed by atoms with Gasteiger partial charge in [-0.1, -0.05) is 18.2 Å². The molecule has 0 aliphatic carbocycles. The maximum atomic E-state index is 11.8. The smallest absolute Gasteiger partial charge is 0.304 e. The second kappa shape index (κ2) is 6.00. The minimum absolute atomic E-state index is 0.0303. The summed E-state index contributed by atoms with van der Waals surface area (Å²) in [4.78, 5) is 10.4. The van der Waals surface area contributed by atoms with Crippen molar-refractivity contribution in [3.05, 3.63) is 29.8 Å². The Labute approximate surface area is 108 Å². The molecular formula is C13H16O4S. The molecule has 0 spiro atoms. The van der Waals surface area contributed by atoms with Crippen LogP contribution in [0.4, 0.5) is 0 Å². The third-order valence-electron chi connectivity index (χ3n) is 3.01. The highest BCUT2D eigenvalue weighted by molar-refractivity contribution is 7.85. The third kappa shape index (κ3) is 3.32. The Kier molecular flexibility index (Phi) is 4.36. The monoisotopic (exact) mass is 268 g/mol. The van der Waals surface area contributed by atoms with Crippen LogP contribution in [0.1, 0.15) is 24.3 Å². The number of hydrogen-bond acceptors (Lipinski definition) is 3. The second-order valence-corrected chi connectivity index (χ2v) is 5.95. The molecule has 98 valence electrons. The highest BCUT2D eigenvalue weighted by Gasteiger charge is 2.22. The predicted molar refractivity (Wildman–Crippen MR) is 69.4 cm³/mol. The first-order chi connectivity index (χ1) is 8.66. The van der Waals surface area contributed by atoms with Crippen molar-refractivity contribution in [1.82, 2.24) is 0 Å². The van der Waals surface area contributed by atoms with E-state index >= 15 is 0 Å². The van der Waals surface area contributed by atoms with Crippen molar-refractivity contribution >= 4 is 16.8 Å². The van der Waals surface area contributed by atoms with E-state index in [2.05, 4.69) is 0 Å². The van der Waals surface area contributed by atoms with E-state index in [-0.39, 0.29) is 18.1 Å². The lowest BCUT2D eigenvalue weighted by molar-refractivity contribution is -0.136.